The molecule has 1 fully saturated rings. The Labute approximate surface area is 109 Å². The predicted molar refractivity (Wildman–Crippen MR) is 75.7 cm³/mol. The average Bonchev–Trinajstić information content (AvgIpc) is 2.38. The molecule has 0 amide bonds. The van der Waals surface area contributed by atoms with Gasteiger partial charge < -0.3 is 10.2 Å². The van der Waals surface area contributed by atoms with E-state index in [2.05, 4.69) is 47.6 Å². The molecule has 94 valence electrons. The van der Waals surface area contributed by atoms with Crippen LogP contribution in [-0.4, -0.2) is 43.4 Å². The Balaban J connectivity index is 1.57. The van der Waals surface area contributed by atoms with Crippen LogP contribution < -0.4 is 5.32 Å². The molecule has 3 heteroatoms. The maximum atomic E-state index is 3.66. The number of benzene rings is 1. The fourth-order valence-electron chi connectivity index (χ4n) is 2.16. The van der Waals surface area contributed by atoms with E-state index in [1.807, 2.05) is 11.8 Å². The van der Waals surface area contributed by atoms with Crippen LogP contribution in [-0.2, 0) is 0 Å². The first-order valence-corrected chi connectivity index (χ1v) is 7.43. The second kappa shape index (κ2) is 7.04. The summed E-state index contributed by atoms with van der Waals surface area (Å²) >= 11 is 1.94. The highest BCUT2D eigenvalue weighted by molar-refractivity contribution is 7.99. The van der Waals surface area contributed by atoms with E-state index in [1.54, 1.807) is 0 Å². The Morgan fingerprint density at radius 3 is 2.65 bits per heavy atom. The zero-order valence-electron chi connectivity index (χ0n) is 10.6. The normalized spacial score (nSPS) is 18.4. The topological polar surface area (TPSA) is 15.3 Å². The zero-order chi connectivity index (χ0) is 11.9. The van der Waals surface area contributed by atoms with Crippen molar-refractivity contribution in [2.45, 2.75) is 23.8 Å². The molecule has 1 aromatic rings. The van der Waals surface area contributed by atoms with Crippen molar-refractivity contribution < 1.29 is 0 Å². The molecule has 0 aliphatic carbocycles. The molecule has 1 aliphatic heterocycles. The third-order valence-electron chi connectivity index (χ3n) is 3.27. The molecule has 0 atom stereocenters. The highest BCUT2D eigenvalue weighted by atomic mass is 32.2. The van der Waals surface area contributed by atoms with Crippen molar-refractivity contribution in [1.29, 1.82) is 0 Å². The van der Waals surface area contributed by atoms with Crippen molar-refractivity contribution in [3.8, 4) is 0 Å². The molecule has 1 N–H and O–H groups in total. The lowest BCUT2D eigenvalue weighted by Crippen LogP contribution is -2.41. The Morgan fingerprint density at radius 1 is 1.24 bits per heavy atom. The Bertz CT molecular complexity index is 307. The lowest BCUT2D eigenvalue weighted by molar-refractivity contribution is 0.237. The van der Waals surface area contributed by atoms with Gasteiger partial charge in [-0.3, -0.25) is 0 Å². The van der Waals surface area contributed by atoms with Crippen LogP contribution in [0.5, 0.6) is 0 Å². The molecular weight excluding hydrogens is 228 g/mol. The summed E-state index contributed by atoms with van der Waals surface area (Å²) in [6.07, 6.45) is 2.60. The summed E-state index contributed by atoms with van der Waals surface area (Å²) in [5.41, 5.74) is 0. The number of piperidine rings is 1. The van der Waals surface area contributed by atoms with Crippen LogP contribution in [0.1, 0.15) is 12.8 Å². The maximum absolute atomic E-state index is 3.66. The molecule has 0 unspecified atom stereocenters. The molecular formula is C14H22N2S. The Morgan fingerprint density at radius 2 is 1.94 bits per heavy atom. The molecule has 2 nitrogen and oxygen atoms in total. The number of hydrogen-bond donors (Lipinski definition) is 1. The molecule has 0 radical (unpaired) electrons. The van der Waals surface area contributed by atoms with Gasteiger partial charge in [-0.15, -0.1) is 11.8 Å². The van der Waals surface area contributed by atoms with E-state index < -0.39 is 0 Å². The van der Waals surface area contributed by atoms with E-state index in [9.17, 15) is 0 Å². The molecule has 1 saturated heterocycles. The van der Waals surface area contributed by atoms with Gasteiger partial charge in [0, 0.05) is 23.2 Å². The second-order valence-electron chi connectivity index (χ2n) is 4.69. The van der Waals surface area contributed by atoms with Crippen LogP contribution in [0.4, 0.5) is 0 Å². The van der Waals surface area contributed by atoms with Gasteiger partial charge in [0.05, 0.1) is 0 Å². The molecule has 0 spiro atoms. The summed E-state index contributed by atoms with van der Waals surface area (Å²) in [6.45, 7) is 3.60. The van der Waals surface area contributed by atoms with Crippen molar-refractivity contribution in [1.82, 2.24) is 10.2 Å². The lowest BCUT2D eigenvalue weighted by atomic mass is 10.1. The fourth-order valence-corrected chi connectivity index (χ4v) is 2.97. The minimum atomic E-state index is 0.738. The number of nitrogens with one attached hydrogen (secondary N) is 1. The second-order valence-corrected chi connectivity index (χ2v) is 5.86. The molecule has 17 heavy (non-hydrogen) atoms. The van der Waals surface area contributed by atoms with Gasteiger partial charge in [-0.2, -0.15) is 0 Å². The van der Waals surface area contributed by atoms with Crippen LogP contribution in [0, 0.1) is 0 Å². The van der Waals surface area contributed by atoms with Gasteiger partial charge in [-0.1, -0.05) is 18.2 Å². The first-order chi connectivity index (χ1) is 8.34. The van der Waals surface area contributed by atoms with Crippen molar-refractivity contribution in [3.05, 3.63) is 30.3 Å². The number of thioether (sulfide) groups is 1. The standard InChI is InChI=1S/C14H22N2S/c1-16-10-7-13(8-11-16)15-9-12-17-14-5-3-2-4-6-14/h2-6,13,15H,7-12H2,1H3. The van der Waals surface area contributed by atoms with E-state index in [4.69, 9.17) is 0 Å². The van der Waals surface area contributed by atoms with Gasteiger partial charge in [-0.25, -0.2) is 0 Å². The molecule has 0 saturated carbocycles. The SMILES string of the molecule is CN1CCC(NCCSc2ccccc2)CC1. The van der Waals surface area contributed by atoms with Crippen LogP contribution in [0.3, 0.4) is 0 Å². The third-order valence-corrected chi connectivity index (χ3v) is 4.28. The van der Waals surface area contributed by atoms with Crippen LogP contribution >= 0.6 is 11.8 Å². The average molecular weight is 250 g/mol. The molecule has 1 aromatic carbocycles. The van der Waals surface area contributed by atoms with Gasteiger partial charge in [-0.05, 0) is 45.1 Å². The van der Waals surface area contributed by atoms with Crippen molar-refractivity contribution >= 4 is 11.8 Å². The van der Waals surface area contributed by atoms with E-state index in [0.29, 0.717) is 0 Å². The summed E-state index contributed by atoms with van der Waals surface area (Å²) in [7, 11) is 2.21. The monoisotopic (exact) mass is 250 g/mol. The summed E-state index contributed by atoms with van der Waals surface area (Å²) in [5, 5.41) is 3.66. The largest absolute Gasteiger partial charge is 0.313 e. The van der Waals surface area contributed by atoms with Gasteiger partial charge in [0.1, 0.15) is 0 Å². The summed E-state index contributed by atoms with van der Waals surface area (Å²) in [5.74, 6) is 1.16. The zero-order valence-corrected chi connectivity index (χ0v) is 11.4. The predicted octanol–water partition coefficient (Wildman–Crippen LogP) is 2.46. The molecule has 1 heterocycles. The number of rotatable bonds is 5. The number of likely N-dealkylation sites (tertiary alicyclic amines) is 1. The first kappa shape index (κ1) is 12.9. The molecule has 0 bridgehead atoms. The Hall–Kier alpha value is -0.510. The van der Waals surface area contributed by atoms with Crippen molar-refractivity contribution in [2.24, 2.45) is 0 Å². The van der Waals surface area contributed by atoms with E-state index >= 15 is 0 Å². The van der Waals surface area contributed by atoms with Crippen molar-refractivity contribution in [3.63, 3.8) is 0 Å². The quantitative estimate of drug-likeness (QED) is 0.638. The molecule has 0 aromatic heterocycles. The third kappa shape index (κ3) is 4.70. The van der Waals surface area contributed by atoms with Crippen LogP contribution in [0.15, 0.2) is 35.2 Å². The van der Waals surface area contributed by atoms with Gasteiger partial charge in [0.15, 0.2) is 0 Å². The minimum absolute atomic E-state index is 0.738. The van der Waals surface area contributed by atoms with Gasteiger partial charge in [0.2, 0.25) is 0 Å². The van der Waals surface area contributed by atoms with Gasteiger partial charge >= 0.3 is 0 Å². The number of hydrogen-bond acceptors (Lipinski definition) is 3. The van der Waals surface area contributed by atoms with Crippen LogP contribution in [0.2, 0.25) is 0 Å². The summed E-state index contributed by atoms with van der Waals surface area (Å²) in [6, 6.07) is 11.4. The smallest absolute Gasteiger partial charge is 0.0106 e. The van der Waals surface area contributed by atoms with Gasteiger partial charge in [0.25, 0.3) is 0 Å². The van der Waals surface area contributed by atoms with E-state index in [1.165, 1.54) is 30.8 Å². The molecule has 1 aliphatic rings. The highest BCUT2D eigenvalue weighted by Crippen LogP contribution is 2.16. The minimum Gasteiger partial charge on any atom is -0.313 e. The summed E-state index contributed by atoms with van der Waals surface area (Å²) in [4.78, 5) is 3.79. The Kier molecular flexibility index (Phi) is 5.36. The van der Waals surface area contributed by atoms with Crippen molar-refractivity contribution in [2.75, 3.05) is 32.4 Å². The highest BCUT2D eigenvalue weighted by Gasteiger charge is 2.15. The lowest BCUT2D eigenvalue weighted by Gasteiger charge is -2.29. The number of nitrogens with zero attached hydrogens (tertiary/aromatic N) is 1. The van der Waals surface area contributed by atoms with E-state index in [-0.39, 0.29) is 0 Å². The van der Waals surface area contributed by atoms with Crippen LogP contribution in [0.25, 0.3) is 0 Å². The molecule has 2 rings (SSSR count). The first-order valence-electron chi connectivity index (χ1n) is 6.44. The maximum Gasteiger partial charge on any atom is 0.0106 e. The van der Waals surface area contributed by atoms with E-state index in [0.717, 1.165) is 18.3 Å². The summed E-state index contributed by atoms with van der Waals surface area (Å²) < 4.78 is 0. The fraction of sp³-hybridized carbons (Fsp3) is 0.571.